The van der Waals surface area contributed by atoms with E-state index in [9.17, 15) is 9.47 Å². The largest absolute Gasteiger partial charge is 0.380 e. The van der Waals surface area contributed by atoms with Gasteiger partial charge < -0.3 is 9.87 Å². The van der Waals surface area contributed by atoms with E-state index in [0.29, 0.717) is 11.2 Å². The number of nitriles is 1. The summed E-state index contributed by atoms with van der Waals surface area (Å²) in [6.45, 7) is 4.01. The monoisotopic (exact) mass is 366 g/mol. The molecule has 6 nitrogen and oxygen atoms in total. The van der Waals surface area contributed by atoms with E-state index >= 15 is 0 Å². The number of hydrogen-bond acceptors (Lipinski definition) is 5. The molecular formula is C19H18N4O2S. The number of benzene rings is 2. The van der Waals surface area contributed by atoms with Crippen LogP contribution in [0.3, 0.4) is 0 Å². The molecule has 2 N–H and O–H groups in total. The summed E-state index contributed by atoms with van der Waals surface area (Å²) in [5.74, 6) is 0.116. The zero-order chi connectivity index (χ0) is 18.7. The van der Waals surface area contributed by atoms with E-state index in [-0.39, 0.29) is 17.5 Å². The molecule has 1 unspecified atom stereocenters. The minimum absolute atomic E-state index is 0.116. The van der Waals surface area contributed by atoms with Crippen molar-refractivity contribution >= 4 is 27.7 Å². The molecule has 0 saturated heterocycles. The Labute approximate surface area is 154 Å². The smallest absolute Gasteiger partial charge is 0.186 e. The Hall–Kier alpha value is -2.82. The van der Waals surface area contributed by atoms with Crippen LogP contribution < -0.4 is 5.32 Å². The van der Waals surface area contributed by atoms with Crippen LogP contribution in [-0.4, -0.2) is 25.0 Å². The second kappa shape index (κ2) is 7.60. The molecule has 0 aliphatic heterocycles. The molecule has 0 spiro atoms. The van der Waals surface area contributed by atoms with Crippen molar-refractivity contribution in [2.75, 3.05) is 5.32 Å². The highest BCUT2D eigenvalue weighted by molar-refractivity contribution is 7.78. The van der Waals surface area contributed by atoms with Crippen LogP contribution in [-0.2, 0) is 16.8 Å². The van der Waals surface area contributed by atoms with E-state index < -0.39 is 11.1 Å². The molecule has 1 aromatic heterocycles. The molecule has 1 atom stereocenters. The Kier molecular flexibility index (Phi) is 5.26. The first-order valence-electron chi connectivity index (χ1n) is 8.12. The maximum Gasteiger partial charge on any atom is 0.186 e. The van der Waals surface area contributed by atoms with E-state index in [1.807, 2.05) is 56.3 Å². The van der Waals surface area contributed by atoms with Crippen LogP contribution in [0, 0.1) is 11.3 Å². The fraction of sp³-hybridized carbons (Fsp3) is 0.211. The van der Waals surface area contributed by atoms with Gasteiger partial charge in [0.2, 0.25) is 0 Å². The average molecular weight is 366 g/mol. The van der Waals surface area contributed by atoms with Crippen LogP contribution in [0.2, 0.25) is 0 Å². The van der Waals surface area contributed by atoms with Gasteiger partial charge in [0.25, 0.3) is 0 Å². The van der Waals surface area contributed by atoms with Crippen molar-refractivity contribution in [3.63, 3.8) is 0 Å². The summed E-state index contributed by atoms with van der Waals surface area (Å²) in [5, 5.41) is 21.6. The number of anilines is 1. The predicted molar refractivity (Wildman–Crippen MR) is 103 cm³/mol. The lowest BCUT2D eigenvalue weighted by Gasteiger charge is -2.14. The van der Waals surface area contributed by atoms with Crippen LogP contribution in [0.5, 0.6) is 0 Å². The van der Waals surface area contributed by atoms with Gasteiger partial charge in [-0.05, 0) is 42.7 Å². The summed E-state index contributed by atoms with van der Waals surface area (Å²) in [4.78, 5) is 0. The summed E-state index contributed by atoms with van der Waals surface area (Å²) in [7, 11) is 0. The summed E-state index contributed by atoms with van der Waals surface area (Å²) >= 11 is -1.85. The lowest BCUT2D eigenvalue weighted by atomic mass is 10.0. The van der Waals surface area contributed by atoms with Gasteiger partial charge in [0.15, 0.2) is 16.8 Å². The van der Waals surface area contributed by atoms with Gasteiger partial charge in [0, 0.05) is 11.4 Å². The number of fused-ring (bicyclic) bond motifs is 1. The number of nitrogens with zero attached hydrogens (tertiary/aromatic N) is 3. The quantitative estimate of drug-likeness (QED) is 0.668. The molecule has 2 aromatic carbocycles. The van der Waals surface area contributed by atoms with Crippen LogP contribution in [0.1, 0.15) is 25.1 Å². The number of hydrogen-bond donors (Lipinski definition) is 2. The van der Waals surface area contributed by atoms with E-state index in [0.717, 1.165) is 22.1 Å². The van der Waals surface area contributed by atoms with Gasteiger partial charge in [0.05, 0.1) is 17.0 Å². The second-order valence-electron chi connectivity index (χ2n) is 6.23. The molecule has 1 heterocycles. The Morgan fingerprint density at radius 1 is 1.15 bits per heavy atom. The van der Waals surface area contributed by atoms with E-state index in [4.69, 9.17) is 4.55 Å². The molecule has 0 radical (unpaired) electrons. The third kappa shape index (κ3) is 3.87. The van der Waals surface area contributed by atoms with Gasteiger partial charge in [-0.1, -0.05) is 30.3 Å². The third-order valence-electron chi connectivity index (χ3n) is 3.88. The summed E-state index contributed by atoms with van der Waals surface area (Å²) in [5.41, 5.74) is 4.41. The number of aromatic nitrogens is 2. The van der Waals surface area contributed by atoms with Crippen LogP contribution >= 0.6 is 0 Å². The molecule has 26 heavy (non-hydrogen) atoms. The topological polar surface area (TPSA) is 98.9 Å². The van der Waals surface area contributed by atoms with Crippen molar-refractivity contribution in [2.45, 2.75) is 25.6 Å². The SMILES string of the molecule is CC(C)Nc1c(C#N)nnc2cc(-c3ccc(CS(=O)O)cc3)ccc12. The highest BCUT2D eigenvalue weighted by Crippen LogP contribution is 2.29. The zero-order valence-corrected chi connectivity index (χ0v) is 15.2. The van der Waals surface area contributed by atoms with Crippen molar-refractivity contribution < 1.29 is 8.76 Å². The van der Waals surface area contributed by atoms with Gasteiger partial charge in [-0.15, -0.1) is 10.2 Å². The van der Waals surface area contributed by atoms with Gasteiger partial charge in [-0.25, -0.2) is 4.21 Å². The Balaban J connectivity index is 2.02. The van der Waals surface area contributed by atoms with Crippen molar-refractivity contribution in [2.24, 2.45) is 0 Å². The maximum absolute atomic E-state index is 10.9. The third-order valence-corrected chi connectivity index (χ3v) is 4.46. The molecule has 132 valence electrons. The molecule has 0 bridgehead atoms. The van der Waals surface area contributed by atoms with Gasteiger partial charge in [0.1, 0.15) is 6.07 Å². The summed E-state index contributed by atoms with van der Waals surface area (Å²) in [6, 6.07) is 15.6. The molecule has 3 aromatic rings. The molecule has 3 rings (SSSR count). The molecule has 0 amide bonds. The zero-order valence-electron chi connectivity index (χ0n) is 14.4. The Bertz CT molecular complexity index is 1010. The van der Waals surface area contributed by atoms with Crippen LogP contribution in [0.15, 0.2) is 42.5 Å². The fourth-order valence-corrected chi connectivity index (χ4v) is 3.21. The Morgan fingerprint density at radius 3 is 2.46 bits per heavy atom. The maximum atomic E-state index is 10.9. The Morgan fingerprint density at radius 2 is 1.85 bits per heavy atom. The van der Waals surface area contributed by atoms with Gasteiger partial charge >= 0.3 is 0 Å². The van der Waals surface area contributed by atoms with Crippen LogP contribution in [0.4, 0.5) is 5.69 Å². The highest BCUT2D eigenvalue weighted by Gasteiger charge is 2.12. The van der Waals surface area contributed by atoms with Crippen molar-refractivity contribution in [1.82, 2.24) is 10.2 Å². The fourth-order valence-electron chi connectivity index (χ4n) is 2.74. The lowest BCUT2D eigenvalue weighted by Crippen LogP contribution is -2.12. The summed E-state index contributed by atoms with van der Waals surface area (Å²) in [6.07, 6.45) is 0. The molecule has 0 saturated carbocycles. The van der Waals surface area contributed by atoms with E-state index in [2.05, 4.69) is 21.6 Å². The van der Waals surface area contributed by atoms with Gasteiger partial charge in [-0.3, -0.25) is 0 Å². The first kappa shape index (κ1) is 18.0. The summed E-state index contributed by atoms with van der Waals surface area (Å²) < 4.78 is 19.9. The first-order chi connectivity index (χ1) is 12.5. The lowest BCUT2D eigenvalue weighted by molar-refractivity contribution is 0.563. The normalized spacial score (nSPS) is 12.1. The average Bonchev–Trinajstić information content (AvgIpc) is 2.61. The second-order valence-corrected chi connectivity index (χ2v) is 7.16. The van der Waals surface area contributed by atoms with Crippen LogP contribution in [0.25, 0.3) is 22.0 Å². The molecule has 0 aliphatic carbocycles. The minimum Gasteiger partial charge on any atom is -0.380 e. The number of nitrogens with one attached hydrogen (secondary N) is 1. The highest BCUT2D eigenvalue weighted by atomic mass is 32.2. The van der Waals surface area contributed by atoms with Crippen molar-refractivity contribution in [3.8, 4) is 17.2 Å². The predicted octanol–water partition coefficient (Wildman–Crippen LogP) is 3.71. The number of rotatable bonds is 5. The van der Waals surface area contributed by atoms with Gasteiger partial charge in [-0.2, -0.15) is 5.26 Å². The first-order valence-corrected chi connectivity index (χ1v) is 9.39. The van der Waals surface area contributed by atoms with Crippen molar-refractivity contribution in [3.05, 3.63) is 53.7 Å². The van der Waals surface area contributed by atoms with E-state index in [1.54, 1.807) is 0 Å². The van der Waals surface area contributed by atoms with E-state index in [1.165, 1.54) is 0 Å². The minimum atomic E-state index is -1.85. The molecule has 7 heteroatoms. The molecule has 0 aliphatic rings. The van der Waals surface area contributed by atoms with Crippen molar-refractivity contribution in [1.29, 1.82) is 5.26 Å². The molecular weight excluding hydrogens is 348 g/mol. The molecule has 0 fully saturated rings. The standard InChI is InChI=1S/C19H18N4O2S/c1-12(2)21-19-16-8-7-15(9-17(16)22-23-18(19)10-20)14-5-3-13(4-6-14)11-26(24)25/h3-9,12H,11H2,1-2H3,(H,21,22)(H,24,25).